The molecule has 2 heteroatoms. The van der Waals surface area contributed by atoms with Gasteiger partial charge in [-0.05, 0) is 68.1 Å². The van der Waals surface area contributed by atoms with Gasteiger partial charge in [0.15, 0.2) is 5.79 Å². The molecule has 5 aliphatic rings. The van der Waals surface area contributed by atoms with Crippen molar-refractivity contribution in [3.8, 4) is 0 Å². The van der Waals surface area contributed by atoms with Crippen LogP contribution in [-0.2, 0) is 9.47 Å². The molecule has 5 rings (SSSR count). The highest BCUT2D eigenvalue weighted by molar-refractivity contribution is 5.25. The molecule has 1 spiro atoms. The maximum absolute atomic E-state index is 6.25. The predicted octanol–water partition coefficient (Wildman–Crippen LogP) is 5.08. The molecular formula is C21H32O2. The molecule has 2 nitrogen and oxygen atoms in total. The monoisotopic (exact) mass is 316 g/mol. The molecule has 128 valence electrons. The van der Waals surface area contributed by atoms with E-state index in [4.69, 9.17) is 9.47 Å². The standard InChI is InChI=1S/C21H32O2/c1-19-10-4-3-5-15(19)6-7-16-17(19)8-11-20(2)18(16)9-12-21(20)22-13-14-23-21/h6,16-18H,3-5,7-14H2,1-2H3/t16-,17?,18+,19+,20+/m1/s1. The van der Waals surface area contributed by atoms with Gasteiger partial charge in [0, 0.05) is 11.8 Å². The van der Waals surface area contributed by atoms with Crippen molar-refractivity contribution < 1.29 is 9.47 Å². The molecule has 0 bridgehead atoms. The number of hydrogen-bond donors (Lipinski definition) is 0. The Balaban J connectivity index is 1.51. The van der Waals surface area contributed by atoms with Crippen molar-refractivity contribution in [1.29, 1.82) is 0 Å². The second-order valence-electron chi connectivity index (χ2n) is 9.41. The zero-order valence-corrected chi connectivity index (χ0v) is 14.9. The summed E-state index contributed by atoms with van der Waals surface area (Å²) in [4.78, 5) is 0. The van der Waals surface area contributed by atoms with Crippen LogP contribution in [0.1, 0.15) is 71.6 Å². The zero-order valence-electron chi connectivity index (χ0n) is 14.9. The minimum Gasteiger partial charge on any atom is -0.347 e. The summed E-state index contributed by atoms with van der Waals surface area (Å²) in [6, 6.07) is 0. The highest BCUT2D eigenvalue weighted by Crippen LogP contribution is 2.68. The fraction of sp³-hybridized carbons (Fsp3) is 0.905. The van der Waals surface area contributed by atoms with E-state index in [0.717, 1.165) is 37.4 Å². The summed E-state index contributed by atoms with van der Waals surface area (Å²) >= 11 is 0. The van der Waals surface area contributed by atoms with Gasteiger partial charge in [0.05, 0.1) is 13.2 Å². The van der Waals surface area contributed by atoms with E-state index >= 15 is 0 Å². The molecule has 0 aromatic heterocycles. The molecule has 0 N–H and O–H groups in total. The van der Waals surface area contributed by atoms with Crippen LogP contribution in [0.4, 0.5) is 0 Å². The largest absolute Gasteiger partial charge is 0.347 e. The average Bonchev–Trinajstić information content (AvgIpc) is 3.14. The molecule has 0 aromatic rings. The van der Waals surface area contributed by atoms with E-state index in [1.165, 1.54) is 51.4 Å². The van der Waals surface area contributed by atoms with Gasteiger partial charge < -0.3 is 9.47 Å². The Labute approximate surface area is 141 Å². The lowest BCUT2D eigenvalue weighted by molar-refractivity contribution is -0.242. The lowest BCUT2D eigenvalue weighted by Gasteiger charge is -2.58. The highest BCUT2D eigenvalue weighted by atomic mass is 16.7. The average molecular weight is 316 g/mol. The minimum absolute atomic E-state index is 0.236. The Morgan fingerprint density at radius 1 is 0.957 bits per heavy atom. The molecule has 1 heterocycles. The van der Waals surface area contributed by atoms with E-state index < -0.39 is 0 Å². The van der Waals surface area contributed by atoms with Crippen molar-refractivity contribution >= 4 is 0 Å². The number of allylic oxidation sites excluding steroid dienone is 2. The lowest BCUT2D eigenvalue weighted by atomic mass is 9.48. The fourth-order valence-electron chi connectivity index (χ4n) is 7.58. The van der Waals surface area contributed by atoms with Crippen LogP contribution in [-0.4, -0.2) is 19.0 Å². The topological polar surface area (TPSA) is 18.5 Å². The summed E-state index contributed by atoms with van der Waals surface area (Å²) in [5.41, 5.74) is 2.58. The van der Waals surface area contributed by atoms with E-state index in [1.54, 1.807) is 0 Å². The van der Waals surface area contributed by atoms with Gasteiger partial charge >= 0.3 is 0 Å². The maximum atomic E-state index is 6.25. The number of ether oxygens (including phenoxy) is 2. The Bertz CT molecular complexity index is 532. The van der Waals surface area contributed by atoms with Crippen LogP contribution in [0.2, 0.25) is 0 Å². The van der Waals surface area contributed by atoms with Crippen molar-refractivity contribution in [2.45, 2.75) is 77.4 Å². The molecule has 0 amide bonds. The minimum atomic E-state index is -0.236. The van der Waals surface area contributed by atoms with Crippen LogP contribution in [0, 0.1) is 28.6 Å². The van der Waals surface area contributed by atoms with Crippen molar-refractivity contribution in [2.75, 3.05) is 13.2 Å². The molecular weight excluding hydrogens is 284 g/mol. The molecule has 1 aliphatic heterocycles. The van der Waals surface area contributed by atoms with Gasteiger partial charge in [-0.15, -0.1) is 0 Å². The lowest BCUT2D eigenvalue weighted by Crippen LogP contribution is -2.54. The number of rotatable bonds is 0. The van der Waals surface area contributed by atoms with Crippen molar-refractivity contribution in [1.82, 2.24) is 0 Å². The first-order chi connectivity index (χ1) is 11.1. The molecule has 0 aromatic carbocycles. The van der Waals surface area contributed by atoms with Gasteiger partial charge in [-0.2, -0.15) is 0 Å². The first kappa shape index (κ1) is 15.0. The van der Waals surface area contributed by atoms with Gasteiger partial charge in [0.2, 0.25) is 0 Å². The van der Waals surface area contributed by atoms with Crippen LogP contribution in [0.15, 0.2) is 11.6 Å². The third kappa shape index (κ3) is 1.78. The van der Waals surface area contributed by atoms with Gasteiger partial charge in [-0.3, -0.25) is 0 Å². The zero-order chi connectivity index (χ0) is 15.7. The van der Waals surface area contributed by atoms with Crippen molar-refractivity contribution in [3.63, 3.8) is 0 Å². The van der Waals surface area contributed by atoms with Crippen LogP contribution in [0.25, 0.3) is 0 Å². The smallest absolute Gasteiger partial charge is 0.174 e. The summed E-state index contributed by atoms with van der Waals surface area (Å²) in [5, 5.41) is 0. The van der Waals surface area contributed by atoms with Crippen LogP contribution >= 0.6 is 0 Å². The molecule has 0 radical (unpaired) electrons. The maximum Gasteiger partial charge on any atom is 0.174 e. The van der Waals surface area contributed by atoms with E-state index in [0.29, 0.717) is 5.41 Å². The predicted molar refractivity (Wildman–Crippen MR) is 91.0 cm³/mol. The van der Waals surface area contributed by atoms with Gasteiger partial charge in [-0.1, -0.05) is 31.9 Å². The Morgan fingerprint density at radius 3 is 2.57 bits per heavy atom. The van der Waals surface area contributed by atoms with E-state index in [-0.39, 0.29) is 11.2 Å². The van der Waals surface area contributed by atoms with Gasteiger partial charge in [-0.25, -0.2) is 0 Å². The molecule has 1 saturated heterocycles. The van der Waals surface area contributed by atoms with E-state index in [1.807, 2.05) is 5.57 Å². The Hall–Kier alpha value is -0.340. The third-order valence-corrected chi connectivity index (χ3v) is 8.82. The van der Waals surface area contributed by atoms with Gasteiger partial charge in [0.25, 0.3) is 0 Å². The highest BCUT2D eigenvalue weighted by Gasteiger charge is 2.66. The summed E-state index contributed by atoms with van der Waals surface area (Å²) in [6.07, 6.45) is 14.8. The third-order valence-electron chi connectivity index (χ3n) is 8.82. The SMILES string of the molecule is C[C@]12CCCCC1=CC[C@@H]1C2CC[C@@]2(C)[C@H]1CCC21OCCO1. The first-order valence-electron chi connectivity index (χ1n) is 10.1. The fourth-order valence-corrected chi connectivity index (χ4v) is 7.58. The van der Waals surface area contributed by atoms with Gasteiger partial charge in [0.1, 0.15) is 0 Å². The summed E-state index contributed by atoms with van der Waals surface area (Å²) in [5.74, 6) is 2.35. The molecule has 4 aliphatic carbocycles. The summed E-state index contributed by atoms with van der Waals surface area (Å²) in [6.45, 7) is 6.70. The normalized spacial score (nSPS) is 51.0. The quantitative estimate of drug-likeness (QED) is 0.580. The summed E-state index contributed by atoms with van der Waals surface area (Å²) in [7, 11) is 0. The van der Waals surface area contributed by atoms with E-state index in [2.05, 4.69) is 19.9 Å². The van der Waals surface area contributed by atoms with Crippen molar-refractivity contribution in [3.05, 3.63) is 11.6 Å². The van der Waals surface area contributed by atoms with Crippen LogP contribution in [0.5, 0.6) is 0 Å². The Kier molecular flexibility index (Phi) is 3.15. The molecule has 23 heavy (non-hydrogen) atoms. The number of hydrogen-bond acceptors (Lipinski definition) is 2. The molecule has 4 fully saturated rings. The second-order valence-corrected chi connectivity index (χ2v) is 9.41. The van der Waals surface area contributed by atoms with Crippen LogP contribution in [0.3, 0.4) is 0 Å². The number of fused-ring (bicyclic) bond motifs is 6. The van der Waals surface area contributed by atoms with E-state index in [9.17, 15) is 0 Å². The molecule has 5 atom stereocenters. The molecule has 3 saturated carbocycles. The van der Waals surface area contributed by atoms with Crippen LogP contribution < -0.4 is 0 Å². The Morgan fingerprint density at radius 2 is 1.74 bits per heavy atom. The second kappa shape index (κ2) is 4.85. The summed E-state index contributed by atoms with van der Waals surface area (Å²) < 4.78 is 12.5. The first-order valence-corrected chi connectivity index (χ1v) is 10.1. The molecule has 1 unspecified atom stereocenters. The van der Waals surface area contributed by atoms with Crippen molar-refractivity contribution in [2.24, 2.45) is 28.6 Å².